The van der Waals surface area contributed by atoms with Crippen LogP contribution >= 0.6 is 11.8 Å². The largest absolute Gasteiger partial charge is 0.489 e. The first kappa shape index (κ1) is 22.0. The number of nitrogens with one attached hydrogen (secondary N) is 1. The zero-order valence-electron chi connectivity index (χ0n) is 16.5. The van der Waals surface area contributed by atoms with Gasteiger partial charge in [-0.15, -0.1) is 5.10 Å². The Labute approximate surface area is 182 Å². The Bertz CT molecular complexity index is 1040. The van der Waals surface area contributed by atoms with Gasteiger partial charge in [0.15, 0.2) is 5.17 Å². The molecule has 3 rings (SSSR count). The molecule has 2 aromatic carbocycles. The second kappa shape index (κ2) is 10.4. The minimum absolute atomic E-state index is 0.265. The second-order valence-electron chi connectivity index (χ2n) is 6.39. The normalized spacial score (nSPS) is 17.0. The van der Waals surface area contributed by atoms with Crippen molar-refractivity contribution < 1.29 is 29.0 Å². The van der Waals surface area contributed by atoms with Gasteiger partial charge in [-0.3, -0.25) is 9.59 Å². The van der Waals surface area contributed by atoms with Gasteiger partial charge in [-0.2, -0.15) is 5.10 Å². The Kier molecular flexibility index (Phi) is 7.39. The number of benzene rings is 2. The summed E-state index contributed by atoms with van der Waals surface area (Å²) < 4.78 is 10.4. The van der Waals surface area contributed by atoms with Gasteiger partial charge in [-0.25, -0.2) is 4.79 Å². The van der Waals surface area contributed by atoms with Crippen LogP contribution in [0.4, 0.5) is 0 Å². The summed E-state index contributed by atoms with van der Waals surface area (Å²) in [6.45, 7) is 0.292. The van der Waals surface area contributed by atoms with E-state index < -0.39 is 17.2 Å². The zero-order chi connectivity index (χ0) is 22.2. The topological polar surface area (TPSA) is 127 Å². The van der Waals surface area contributed by atoms with Crippen LogP contribution in [0.2, 0.25) is 0 Å². The van der Waals surface area contributed by atoms with Crippen molar-refractivity contribution in [2.45, 2.75) is 18.3 Å². The van der Waals surface area contributed by atoms with Crippen LogP contribution in [-0.4, -0.2) is 46.7 Å². The van der Waals surface area contributed by atoms with Crippen molar-refractivity contribution >= 4 is 41.0 Å². The molecule has 10 heteroatoms. The van der Waals surface area contributed by atoms with Crippen LogP contribution in [0.5, 0.6) is 5.75 Å². The number of carboxylic acids is 1. The van der Waals surface area contributed by atoms with E-state index in [1.165, 1.54) is 13.3 Å². The van der Waals surface area contributed by atoms with E-state index in [9.17, 15) is 14.4 Å². The fourth-order valence-electron chi connectivity index (χ4n) is 2.62. The standard InChI is InChI=1S/C21H19N3O6S/c1-29-20(28)15-4-2-3-14(9-15)12-30-16-7-5-13(6-8-16)11-22-24-21-23-19(27)17(31-21)10-18(25)26/h2-9,11,17H,10,12H2,1H3,(H,25,26)(H,23,24,27). The molecule has 0 radical (unpaired) electrons. The third kappa shape index (κ3) is 6.41. The summed E-state index contributed by atoms with van der Waals surface area (Å²) in [6, 6.07) is 14.1. The number of carbonyl (C=O) groups excluding carboxylic acids is 2. The number of aliphatic carboxylic acids is 1. The van der Waals surface area contributed by atoms with Gasteiger partial charge in [0, 0.05) is 0 Å². The van der Waals surface area contributed by atoms with Crippen LogP contribution in [-0.2, 0) is 20.9 Å². The number of ether oxygens (including phenoxy) is 2. The number of carbonyl (C=O) groups is 3. The molecule has 0 spiro atoms. The second-order valence-corrected chi connectivity index (χ2v) is 7.58. The highest BCUT2D eigenvalue weighted by molar-refractivity contribution is 8.15. The molecule has 2 aromatic rings. The molecule has 1 saturated heterocycles. The molecular formula is C21H19N3O6S. The highest BCUT2D eigenvalue weighted by atomic mass is 32.2. The zero-order valence-corrected chi connectivity index (χ0v) is 17.3. The lowest BCUT2D eigenvalue weighted by Gasteiger charge is -2.07. The Morgan fingerprint density at radius 3 is 2.71 bits per heavy atom. The molecule has 0 bridgehead atoms. The number of methoxy groups -OCH3 is 1. The van der Waals surface area contributed by atoms with Crippen molar-refractivity contribution in [3.63, 3.8) is 0 Å². The molecule has 1 aliphatic heterocycles. The maximum atomic E-state index is 11.7. The molecule has 160 valence electrons. The molecule has 1 fully saturated rings. The third-order valence-electron chi connectivity index (χ3n) is 4.13. The predicted molar refractivity (Wildman–Crippen MR) is 115 cm³/mol. The fourth-order valence-corrected chi connectivity index (χ4v) is 3.53. The van der Waals surface area contributed by atoms with Crippen molar-refractivity contribution in [3.8, 4) is 5.75 Å². The summed E-state index contributed by atoms with van der Waals surface area (Å²) in [6.07, 6.45) is 1.24. The summed E-state index contributed by atoms with van der Waals surface area (Å²) in [5.74, 6) is -1.19. The van der Waals surface area contributed by atoms with E-state index in [1.807, 2.05) is 6.07 Å². The SMILES string of the molecule is COC(=O)c1cccc(COc2ccc(C=NN=C3NC(=O)C(CC(=O)O)S3)cc2)c1. The molecular weight excluding hydrogens is 422 g/mol. The number of esters is 1. The molecule has 1 aliphatic rings. The maximum absolute atomic E-state index is 11.7. The van der Waals surface area contributed by atoms with Gasteiger partial charge >= 0.3 is 11.9 Å². The first-order valence-corrected chi connectivity index (χ1v) is 10.0. The van der Waals surface area contributed by atoms with E-state index in [4.69, 9.17) is 14.6 Å². The monoisotopic (exact) mass is 441 g/mol. The summed E-state index contributed by atoms with van der Waals surface area (Å²) in [4.78, 5) is 34.0. The Morgan fingerprint density at radius 2 is 2.00 bits per heavy atom. The maximum Gasteiger partial charge on any atom is 0.337 e. The van der Waals surface area contributed by atoms with Gasteiger partial charge in [-0.05, 0) is 47.5 Å². The molecule has 1 atom stereocenters. The summed E-state index contributed by atoms with van der Waals surface area (Å²) in [7, 11) is 1.33. The number of rotatable bonds is 8. The lowest BCUT2D eigenvalue weighted by molar-refractivity contribution is -0.138. The van der Waals surface area contributed by atoms with Crippen LogP contribution < -0.4 is 10.1 Å². The molecule has 0 aromatic heterocycles. The first-order chi connectivity index (χ1) is 14.9. The lowest BCUT2D eigenvalue weighted by atomic mass is 10.1. The number of nitrogens with zero attached hydrogens (tertiary/aromatic N) is 2. The minimum Gasteiger partial charge on any atom is -0.489 e. The van der Waals surface area contributed by atoms with Gasteiger partial charge in [0.25, 0.3) is 0 Å². The Morgan fingerprint density at radius 1 is 1.23 bits per heavy atom. The quantitative estimate of drug-likeness (QED) is 0.366. The predicted octanol–water partition coefficient (Wildman–Crippen LogP) is 2.45. The molecule has 1 unspecified atom stereocenters. The van der Waals surface area contributed by atoms with Crippen LogP contribution in [0, 0.1) is 0 Å². The van der Waals surface area contributed by atoms with Crippen molar-refractivity contribution in [1.29, 1.82) is 0 Å². The van der Waals surface area contributed by atoms with Gasteiger partial charge in [-0.1, -0.05) is 23.9 Å². The van der Waals surface area contributed by atoms with E-state index in [0.29, 0.717) is 17.9 Å². The van der Waals surface area contributed by atoms with Gasteiger partial charge < -0.3 is 19.9 Å². The summed E-state index contributed by atoms with van der Waals surface area (Å²) in [5.41, 5.74) is 2.06. The number of amidine groups is 1. The van der Waals surface area contributed by atoms with Crippen molar-refractivity contribution in [2.24, 2.45) is 10.2 Å². The van der Waals surface area contributed by atoms with E-state index in [1.54, 1.807) is 42.5 Å². The van der Waals surface area contributed by atoms with E-state index in [0.717, 1.165) is 22.9 Å². The third-order valence-corrected chi connectivity index (χ3v) is 5.20. The van der Waals surface area contributed by atoms with Crippen LogP contribution in [0.1, 0.15) is 27.9 Å². The number of carboxylic acid groups (broad SMARTS) is 1. The highest BCUT2D eigenvalue weighted by Crippen LogP contribution is 2.22. The molecule has 9 nitrogen and oxygen atoms in total. The lowest BCUT2D eigenvalue weighted by Crippen LogP contribution is -2.26. The van der Waals surface area contributed by atoms with Crippen molar-refractivity contribution in [3.05, 3.63) is 65.2 Å². The molecule has 1 amide bonds. The van der Waals surface area contributed by atoms with Crippen LogP contribution in [0.15, 0.2) is 58.7 Å². The van der Waals surface area contributed by atoms with E-state index in [2.05, 4.69) is 15.5 Å². The Balaban J connectivity index is 1.53. The molecule has 0 aliphatic carbocycles. The number of amides is 1. The average molecular weight is 441 g/mol. The highest BCUT2D eigenvalue weighted by Gasteiger charge is 2.32. The summed E-state index contributed by atoms with van der Waals surface area (Å²) in [5, 5.41) is 18.7. The van der Waals surface area contributed by atoms with Gasteiger partial charge in [0.1, 0.15) is 17.6 Å². The molecule has 2 N–H and O–H groups in total. The number of hydrogen-bond donors (Lipinski definition) is 2. The molecule has 31 heavy (non-hydrogen) atoms. The van der Waals surface area contributed by atoms with E-state index >= 15 is 0 Å². The van der Waals surface area contributed by atoms with Gasteiger partial charge in [0.2, 0.25) is 5.91 Å². The number of hydrogen-bond acceptors (Lipinski definition) is 8. The average Bonchev–Trinajstić information content (AvgIpc) is 3.11. The minimum atomic E-state index is -1.05. The fraction of sp³-hybridized carbons (Fsp3) is 0.190. The first-order valence-electron chi connectivity index (χ1n) is 9.15. The van der Waals surface area contributed by atoms with Gasteiger partial charge in [0.05, 0.1) is 25.3 Å². The van der Waals surface area contributed by atoms with E-state index in [-0.39, 0.29) is 17.5 Å². The van der Waals surface area contributed by atoms with Crippen molar-refractivity contribution in [2.75, 3.05) is 7.11 Å². The smallest absolute Gasteiger partial charge is 0.337 e. The Hall–Kier alpha value is -3.66. The summed E-state index contributed by atoms with van der Waals surface area (Å²) >= 11 is 1.04. The number of thioether (sulfide) groups is 1. The van der Waals surface area contributed by atoms with Crippen LogP contribution in [0.3, 0.4) is 0 Å². The molecule has 0 saturated carbocycles. The van der Waals surface area contributed by atoms with Crippen LogP contribution in [0.25, 0.3) is 0 Å². The van der Waals surface area contributed by atoms with Crippen molar-refractivity contribution in [1.82, 2.24) is 5.32 Å². The molecule has 1 heterocycles.